The molecule has 0 spiro atoms. The minimum atomic E-state index is -0.471. The van der Waals surface area contributed by atoms with Crippen molar-refractivity contribution in [2.75, 3.05) is 7.11 Å². The number of nitrogens with zero attached hydrogens (tertiary/aromatic N) is 1. The molecule has 1 aromatic carbocycles. The lowest BCUT2D eigenvalue weighted by atomic mass is 10.1. The molecular formula is C16H15FN2O3. The number of aromatic nitrogens is 1. The van der Waals surface area contributed by atoms with Gasteiger partial charge in [-0.25, -0.2) is 9.18 Å². The maximum absolute atomic E-state index is 13.5. The second kappa shape index (κ2) is 7.31. The van der Waals surface area contributed by atoms with Crippen LogP contribution in [-0.2, 0) is 22.5 Å². The van der Waals surface area contributed by atoms with Crippen LogP contribution < -0.4 is 5.32 Å². The number of nitrogens with one attached hydrogen (secondary N) is 1. The molecule has 2 aromatic rings. The number of hydrogen-bond donors (Lipinski definition) is 1. The first-order valence-corrected chi connectivity index (χ1v) is 6.63. The van der Waals surface area contributed by atoms with Crippen molar-refractivity contribution in [3.05, 3.63) is 65.2 Å². The van der Waals surface area contributed by atoms with Gasteiger partial charge in [0, 0.05) is 6.20 Å². The van der Waals surface area contributed by atoms with Crippen LogP contribution >= 0.6 is 0 Å². The SMILES string of the molecule is COC(=O)c1ccnc(CNC(=O)Cc2ccccc2F)c1. The number of carbonyl (C=O) groups excluding carboxylic acids is 2. The molecule has 0 fully saturated rings. The van der Waals surface area contributed by atoms with Gasteiger partial charge in [0.25, 0.3) is 0 Å². The summed E-state index contributed by atoms with van der Waals surface area (Å²) in [6.07, 6.45) is 1.41. The third kappa shape index (κ3) is 4.12. The number of halogens is 1. The predicted octanol–water partition coefficient (Wildman–Crippen LogP) is 1.87. The van der Waals surface area contributed by atoms with Gasteiger partial charge in [-0.15, -0.1) is 0 Å². The number of pyridine rings is 1. The van der Waals surface area contributed by atoms with Crippen molar-refractivity contribution in [1.29, 1.82) is 0 Å². The Morgan fingerprint density at radius 3 is 2.77 bits per heavy atom. The van der Waals surface area contributed by atoms with E-state index in [1.54, 1.807) is 18.2 Å². The van der Waals surface area contributed by atoms with E-state index in [2.05, 4.69) is 15.0 Å². The van der Waals surface area contributed by atoms with Crippen molar-refractivity contribution in [2.24, 2.45) is 0 Å². The zero-order valence-corrected chi connectivity index (χ0v) is 12.0. The van der Waals surface area contributed by atoms with Crippen LogP contribution in [-0.4, -0.2) is 24.0 Å². The number of methoxy groups -OCH3 is 1. The number of carbonyl (C=O) groups is 2. The molecule has 0 bridgehead atoms. The second-order valence-electron chi connectivity index (χ2n) is 4.57. The Morgan fingerprint density at radius 2 is 2.05 bits per heavy atom. The van der Waals surface area contributed by atoms with Gasteiger partial charge in [-0.2, -0.15) is 0 Å². The van der Waals surface area contributed by atoms with E-state index in [0.29, 0.717) is 16.8 Å². The summed E-state index contributed by atoms with van der Waals surface area (Å²) >= 11 is 0. The van der Waals surface area contributed by atoms with E-state index < -0.39 is 11.8 Å². The summed E-state index contributed by atoms with van der Waals surface area (Å²) in [7, 11) is 1.29. The smallest absolute Gasteiger partial charge is 0.337 e. The number of esters is 1. The van der Waals surface area contributed by atoms with E-state index in [1.165, 1.54) is 31.5 Å². The topological polar surface area (TPSA) is 68.3 Å². The van der Waals surface area contributed by atoms with Crippen LogP contribution in [0.4, 0.5) is 4.39 Å². The minimum absolute atomic E-state index is 0.0522. The maximum atomic E-state index is 13.5. The van der Waals surface area contributed by atoms with Crippen LogP contribution in [0, 0.1) is 5.82 Å². The number of amides is 1. The van der Waals surface area contributed by atoms with Gasteiger partial charge in [-0.3, -0.25) is 9.78 Å². The van der Waals surface area contributed by atoms with E-state index in [4.69, 9.17) is 0 Å². The molecule has 1 amide bonds. The molecule has 0 saturated carbocycles. The molecule has 22 heavy (non-hydrogen) atoms. The first-order valence-electron chi connectivity index (χ1n) is 6.63. The van der Waals surface area contributed by atoms with Crippen LogP contribution in [0.15, 0.2) is 42.6 Å². The molecular weight excluding hydrogens is 287 g/mol. The van der Waals surface area contributed by atoms with Crippen molar-refractivity contribution in [1.82, 2.24) is 10.3 Å². The van der Waals surface area contributed by atoms with Gasteiger partial charge in [0.05, 0.1) is 31.3 Å². The third-order valence-corrected chi connectivity index (χ3v) is 3.01. The molecule has 1 aromatic heterocycles. The van der Waals surface area contributed by atoms with Crippen molar-refractivity contribution in [3.63, 3.8) is 0 Å². The fourth-order valence-electron chi connectivity index (χ4n) is 1.89. The molecule has 114 valence electrons. The standard InChI is InChI=1S/C16H15FN2O3/c1-22-16(21)12-6-7-18-13(8-12)10-19-15(20)9-11-4-2-3-5-14(11)17/h2-8H,9-10H2,1H3,(H,19,20). The number of rotatable bonds is 5. The normalized spacial score (nSPS) is 10.1. The molecule has 2 rings (SSSR count). The lowest BCUT2D eigenvalue weighted by Gasteiger charge is -2.06. The largest absolute Gasteiger partial charge is 0.465 e. The highest BCUT2D eigenvalue weighted by Crippen LogP contribution is 2.07. The van der Waals surface area contributed by atoms with Crippen molar-refractivity contribution in [3.8, 4) is 0 Å². The fraction of sp³-hybridized carbons (Fsp3) is 0.188. The van der Waals surface area contributed by atoms with Crippen LogP contribution in [0.1, 0.15) is 21.6 Å². The Hall–Kier alpha value is -2.76. The summed E-state index contributed by atoms with van der Waals surface area (Å²) in [6, 6.07) is 9.17. The van der Waals surface area contributed by atoms with Gasteiger partial charge in [0.1, 0.15) is 5.82 Å². The average molecular weight is 302 g/mol. The predicted molar refractivity (Wildman–Crippen MR) is 77.5 cm³/mol. The maximum Gasteiger partial charge on any atom is 0.337 e. The Labute approximate surface area is 127 Å². The highest BCUT2D eigenvalue weighted by molar-refractivity contribution is 5.89. The van der Waals surface area contributed by atoms with Gasteiger partial charge in [-0.1, -0.05) is 18.2 Å². The van der Waals surface area contributed by atoms with Gasteiger partial charge in [0.15, 0.2) is 0 Å². The molecule has 0 aliphatic rings. The highest BCUT2D eigenvalue weighted by Gasteiger charge is 2.09. The molecule has 1 N–H and O–H groups in total. The Balaban J connectivity index is 1.94. The second-order valence-corrected chi connectivity index (χ2v) is 4.57. The van der Waals surface area contributed by atoms with Crippen molar-refractivity contribution >= 4 is 11.9 Å². The van der Waals surface area contributed by atoms with Gasteiger partial charge < -0.3 is 10.1 Å². The zero-order chi connectivity index (χ0) is 15.9. The molecule has 0 atom stereocenters. The number of hydrogen-bond acceptors (Lipinski definition) is 4. The molecule has 0 aliphatic carbocycles. The molecule has 0 radical (unpaired) electrons. The summed E-state index contributed by atoms with van der Waals surface area (Å²) in [6.45, 7) is 0.151. The van der Waals surface area contributed by atoms with Gasteiger partial charge in [0.2, 0.25) is 5.91 Å². The Bertz CT molecular complexity index is 689. The lowest BCUT2D eigenvalue weighted by molar-refractivity contribution is -0.120. The first-order chi connectivity index (χ1) is 10.6. The lowest BCUT2D eigenvalue weighted by Crippen LogP contribution is -2.25. The molecule has 1 heterocycles. The Kier molecular flexibility index (Phi) is 5.19. The zero-order valence-electron chi connectivity index (χ0n) is 12.0. The summed E-state index contributed by atoms with van der Waals surface area (Å²) < 4.78 is 18.1. The third-order valence-electron chi connectivity index (χ3n) is 3.01. The average Bonchev–Trinajstić information content (AvgIpc) is 2.54. The molecule has 0 aliphatic heterocycles. The van der Waals surface area contributed by atoms with E-state index in [9.17, 15) is 14.0 Å². The quantitative estimate of drug-likeness (QED) is 0.856. The highest BCUT2D eigenvalue weighted by atomic mass is 19.1. The number of benzene rings is 1. The van der Waals surface area contributed by atoms with Crippen LogP contribution in [0.5, 0.6) is 0 Å². The van der Waals surface area contributed by atoms with E-state index in [0.717, 1.165) is 0 Å². The van der Waals surface area contributed by atoms with Gasteiger partial charge >= 0.3 is 5.97 Å². The van der Waals surface area contributed by atoms with E-state index >= 15 is 0 Å². The molecule has 6 heteroatoms. The monoisotopic (exact) mass is 302 g/mol. The van der Waals surface area contributed by atoms with E-state index in [-0.39, 0.29) is 18.9 Å². The van der Waals surface area contributed by atoms with Crippen LogP contribution in [0.2, 0.25) is 0 Å². The molecule has 5 nitrogen and oxygen atoms in total. The summed E-state index contributed by atoms with van der Waals surface area (Å²) in [5.74, 6) is -1.21. The van der Waals surface area contributed by atoms with E-state index in [1.807, 2.05) is 0 Å². The summed E-state index contributed by atoms with van der Waals surface area (Å²) in [4.78, 5) is 27.3. The fourth-order valence-corrected chi connectivity index (χ4v) is 1.89. The Morgan fingerprint density at radius 1 is 1.27 bits per heavy atom. The minimum Gasteiger partial charge on any atom is -0.465 e. The molecule has 0 saturated heterocycles. The van der Waals surface area contributed by atoms with Crippen molar-refractivity contribution < 1.29 is 18.7 Å². The first kappa shape index (κ1) is 15.6. The summed E-state index contributed by atoms with van der Waals surface area (Å²) in [5, 5.41) is 2.64. The summed E-state index contributed by atoms with van der Waals surface area (Å²) in [5.41, 5.74) is 1.21. The van der Waals surface area contributed by atoms with Gasteiger partial charge in [-0.05, 0) is 23.8 Å². The van der Waals surface area contributed by atoms with Crippen LogP contribution in [0.3, 0.4) is 0 Å². The number of ether oxygens (including phenoxy) is 1. The van der Waals surface area contributed by atoms with Crippen LogP contribution in [0.25, 0.3) is 0 Å². The molecule has 0 unspecified atom stereocenters. The van der Waals surface area contributed by atoms with Crippen molar-refractivity contribution in [2.45, 2.75) is 13.0 Å².